The van der Waals surface area contributed by atoms with E-state index < -0.39 is 33.4 Å². The molecule has 4 N–H and O–H groups in total. The van der Waals surface area contributed by atoms with Crippen molar-refractivity contribution in [3.8, 4) is 11.1 Å². The number of hydrogen-bond donors (Lipinski definition) is 3. The van der Waals surface area contributed by atoms with Crippen LogP contribution in [0, 0.1) is 17.5 Å². The van der Waals surface area contributed by atoms with Crippen LogP contribution in [0.3, 0.4) is 0 Å². The Kier molecular flexibility index (Phi) is 7.21. The summed E-state index contributed by atoms with van der Waals surface area (Å²) in [6.07, 6.45) is 2.15. The van der Waals surface area contributed by atoms with Crippen molar-refractivity contribution in [3.05, 3.63) is 89.9 Å². The maximum absolute atomic E-state index is 14.6. The highest BCUT2D eigenvalue weighted by atomic mass is 32.2. The third-order valence-electron chi connectivity index (χ3n) is 5.50. The van der Waals surface area contributed by atoms with E-state index in [1.807, 2.05) is 0 Å². The Hall–Kier alpha value is -4.65. The molecule has 0 saturated heterocycles. The second kappa shape index (κ2) is 10.4. The summed E-state index contributed by atoms with van der Waals surface area (Å²) in [5.41, 5.74) is 6.08. The molecule has 4 aromatic rings. The van der Waals surface area contributed by atoms with Gasteiger partial charge in [-0.25, -0.2) is 26.6 Å². The van der Waals surface area contributed by atoms with Crippen LogP contribution in [0.5, 0.6) is 0 Å². The molecule has 1 amide bonds. The summed E-state index contributed by atoms with van der Waals surface area (Å²) in [6, 6.07) is 13.1. The molecule has 1 heterocycles. The second-order valence-corrected chi connectivity index (χ2v) is 10.2. The topological polar surface area (TPSA) is 130 Å². The average molecular weight is 543 g/mol. The summed E-state index contributed by atoms with van der Waals surface area (Å²) in [6.45, 7) is 0. The average Bonchev–Trinajstić information content (AvgIpc) is 2.85. The molecule has 0 saturated carbocycles. The van der Waals surface area contributed by atoms with Crippen LogP contribution in [0.2, 0.25) is 0 Å². The predicted molar refractivity (Wildman–Crippen MR) is 139 cm³/mol. The van der Waals surface area contributed by atoms with Crippen molar-refractivity contribution in [2.75, 3.05) is 28.2 Å². The number of nitrogens with zero attached hydrogens (tertiary/aromatic N) is 3. The number of carbonyl (C=O) groups is 1. The first-order valence-electron chi connectivity index (χ1n) is 10.9. The molecule has 13 heteroatoms. The smallest absolute Gasteiger partial charge is 0.254 e. The van der Waals surface area contributed by atoms with E-state index >= 15 is 0 Å². The maximum Gasteiger partial charge on any atom is 0.254 e. The first-order valence-corrected chi connectivity index (χ1v) is 12.8. The van der Waals surface area contributed by atoms with Gasteiger partial charge in [-0.05, 0) is 42.0 Å². The number of anilines is 5. The van der Waals surface area contributed by atoms with Gasteiger partial charge >= 0.3 is 0 Å². The molecule has 1 aromatic heterocycles. The number of aromatic nitrogens is 2. The van der Waals surface area contributed by atoms with Crippen molar-refractivity contribution < 1.29 is 26.4 Å². The van der Waals surface area contributed by atoms with Crippen molar-refractivity contribution in [1.29, 1.82) is 0 Å². The number of rotatable bonds is 8. The van der Waals surface area contributed by atoms with Crippen LogP contribution in [0.15, 0.2) is 66.9 Å². The van der Waals surface area contributed by atoms with E-state index in [9.17, 15) is 26.4 Å². The zero-order valence-corrected chi connectivity index (χ0v) is 20.9. The number of nitrogens with one attached hydrogen (secondary N) is 2. The summed E-state index contributed by atoms with van der Waals surface area (Å²) < 4.78 is 67.4. The molecule has 0 spiro atoms. The van der Waals surface area contributed by atoms with Gasteiger partial charge in [-0.15, -0.1) is 0 Å². The van der Waals surface area contributed by atoms with E-state index in [-0.39, 0.29) is 45.5 Å². The Morgan fingerprint density at radius 1 is 0.947 bits per heavy atom. The number of para-hydroxylation sites is 2. The number of halogens is 3. The highest BCUT2D eigenvalue weighted by Crippen LogP contribution is 2.32. The minimum absolute atomic E-state index is 0.0494. The summed E-state index contributed by atoms with van der Waals surface area (Å²) in [7, 11) is -2.26. The fourth-order valence-corrected chi connectivity index (χ4v) is 4.03. The highest BCUT2D eigenvalue weighted by Gasteiger charge is 2.19. The van der Waals surface area contributed by atoms with E-state index in [2.05, 4.69) is 20.6 Å². The summed E-state index contributed by atoms with van der Waals surface area (Å²) in [4.78, 5) is 20.3. The number of benzene rings is 3. The van der Waals surface area contributed by atoms with E-state index in [1.165, 1.54) is 25.2 Å². The molecule has 0 radical (unpaired) electrons. The Labute approximate surface area is 216 Å². The zero-order valence-electron chi connectivity index (χ0n) is 20.0. The number of sulfonamides is 1. The lowest BCUT2D eigenvalue weighted by atomic mass is 10.0. The van der Waals surface area contributed by atoms with Crippen molar-refractivity contribution in [3.63, 3.8) is 0 Å². The monoisotopic (exact) mass is 542 g/mol. The van der Waals surface area contributed by atoms with Crippen LogP contribution in [-0.4, -0.2) is 37.6 Å². The molecule has 38 heavy (non-hydrogen) atoms. The predicted octanol–water partition coefficient (Wildman–Crippen LogP) is 4.54. The minimum Gasteiger partial charge on any atom is -0.365 e. The van der Waals surface area contributed by atoms with Gasteiger partial charge in [0.2, 0.25) is 16.0 Å². The number of amides is 1. The van der Waals surface area contributed by atoms with Gasteiger partial charge in [-0.2, -0.15) is 4.98 Å². The van der Waals surface area contributed by atoms with Gasteiger partial charge < -0.3 is 16.4 Å². The van der Waals surface area contributed by atoms with E-state index in [1.54, 1.807) is 24.3 Å². The zero-order chi connectivity index (χ0) is 27.6. The van der Waals surface area contributed by atoms with E-state index in [4.69, 9.17) is 5.73 Å². The first kappa shape index (κ1) is 26.4. The lowest BCUT2D eigenvalue weighted by molar-refractivity contribution is 0.100. The van der Waals surface area contributed by atoms with Crippen molar-refractivity contribution >= 4 is 44.8 Å². The van der Waals surface area contributed by atoms with Crippen molar-refractivity contribution in [1.82, 2.24) is 9.97 Å². The quantitative estimate of drug-likeness (QED) is 0.298. The van der Waals surface area contributed by atoms with Crippen LogP contribution in [0.4, 0.5) is 42.0 Å². The Morgan fingerprint density at radius 3 is 2.37 bits per heavy atom. The molecule has 0 aliphatic heterocycles. The van der Waals surface area contributed by atoms with Crippen molar-refractivity contribution in [2.45, 2.75) is 0 Å². The van der Waals surface area contributed by atoms with Gasteiger partial charge in [-0.3, -0.25) is 9.10 Å². The molecular weight excluding hydrogens is 521 g/mol. The minimum atomic E-state index is -3.62. The van der Waals surface area contributed by atoms with Gasteiger partial charge in [0.25, 0.3) is 5.91 Å². The lowest BCUT2D eigenvalue weighted by Gasteiger charge is -2.21. The van der Waals surface area contributed by atoms with Crippen LogP contribution in [0.25, 0.3) is 11.1 Å². The largest absolute Gasteiger partial charge is 0.365 e. The standard InChI is InChI=1S/C25H21F3N6O3S/c1-34(38(2,36)37)22-6-4-3-5-20(22)31-24-17(23(29)35)13-30-25(33-24)32-21-11-14(7-10-18(21)27)16-9-8-15(26)12-19(16)28/h3-13H,1-2H3,(H2,29,35)(H2,30,31,32,33). The molecule has 0 atom stereocenters. The Bertz CT molecular complexity index is 1650. The van der Waals surface area contributed by atoms with Crippen LogP contribution < -0.4 is 20.7 Å². The molecule has 0 bridgehead atoms. The lowest BCUT2D eigenvalue weighted by Crippen LogP contribution is -2.25. The van der Waals surface area contributed by atoms with Crippen LogP contribution >= 0.6 is 0 Å². The van der Waals surface area contributed by atoms with Gasteiger partial charge in [-0.1, -0.05) is 18.2 Å². The number of carbonyl (C=O) groups excluding carboxylic acids is 1. The summed E-state index contributed by atoms with van der Waals surface area (Å²) >= 11 is 0. The third kappa shape index (κ3) is 5.67. The summed E-state index contributed by atoms with van der Waals surface area (Å²) in [5, 5.41) is 5.56. The van der Waals surface area contributed by atoms with Gasteiger partial charge in [0.15, 0.2) is 0 Å². The van der Waals surface area contributed by atoms with E-state index in [0.29, 0.717) is 6.07 Å². The summed E-state index contributed by atoms with van der Waals surface area (Å²) in [5.74, 6) is -3.39. The number of nitrogens with two attached hydrogens (primary N) is 1. The number of hydrogen-bond acceptors (Lipinski definition) is 7. The molecule has 0 fully saturated rings. The van der Waals surface area contributed by atoms with Gasteiger partial charge in [0.05, 0.1) is 23.3 Å². The molecular formula is C25H21F3N6O3S. The molecule has 0 unspecified atom stereocenters. The first-order chi connectivity index (χ1) is 17.9. The highest BCUT2D eigenvalue weighted by molar-refractivity contribution is 7.92. The van der Waals surface area contributed by atoms with Crippen LogP contribution in [0.1, 0.15) is 10.4 Å². The second-order valence-electron chi connectivity index (χ2n) is 8.14. The molecule has 4 rings (SSSR count). The Morgan fingerprint density at radius 2 is 1.68 bits per heavy atom. The normalized spacial score (nSPS) is 11.2. The van der Waals surface area contributed by atoms with Crippen molar-refractivity contribution in [2.24, 2.45) is 5.73 Å². The maximum atomic E-state index is 14.6. The molecule has 0 aliphatic carbocycles. The molecule has 0 aliphatic rings. The van der Waals surface area contributed by atoms with Crippen LogP contribution in [-0.2, 0) is 10.0 Å². The van der Waals surface area contributed by atoms with Gasteiger partial charge in [0, 0.05) is 24.9 Å². The third-order valence-corrected chi connectivity index (χ3v) is 6.69. The fourth-order valence-electron chi connectivity index (χ4n) is 3.51. The molecule has 196 valence electrons. The fraction of sp³-hybridized carbons (Fsp3) is 0.0800. The number of primary amides is 1. The molecule has 9 nitrogen and oxygen atoms in total. The SMILES string of the molecule is CN(c1ccccc1Nc1nc(Nc2cc(-c3ccc(F)cc3F)ccc2F)ncc1C(N)=O)S(C)(=O)=O. The van der Waals surface area contributed by atoms with Gasteiger partial charge in [0.1, 0.15) is 28.8 Å². The van der Waals surface area contributed by atoms with E-state index in [0.717, 1.165) is 28.9 Å². The Balaban J connectivity index is 1.71. The molecule has 3 aromatic carbocycles.